The number of fused-ring (bicyclic) bond motifs is 1. The van der Waals surface area contributed by atoms with E-state index < -0.39 is 0 Å². The third-order valence-corrected chi connectivity index (χ3v) is 3.78. The van der Waals surface area contributed by atoms with E-state index in [-0.39, 0.29) is 6.04 Å². The second-order valence-corrected chi connectivity index (χ2v) is 5.42. The largest absolute Gasteiger partial charge is 0.378 e. The SMILES string of the molecule is CN(C)c1cccc(C(N)c2cncc3ccccc23)c1. The Labute approximate surface area is 125 Å². The van der Waals surface area contributed by atoms with Gasteiger partial charge in [0.25, 0.3) is 0 Å². The fraction of sp³-hybridized carbons (Fsp3) is 0.167. The van der Waals surface area contributed by atoms with E-state index in [1.807, 2.05) is 44.7 Å². The Balaban J connectivity index is 2.08. The van der Waals surface area contributed by atoms with Crippen LogP contribution in [0.5, 0.6) is 0 Å². The lowest BCUT2D eigenvalue weighted by molar-refractivity contribution is 0.872. The van der Waals surface area contributed by atoms with Crippen LogP contribution in [0.25, 0.3) is 10.8 Å². The van der Waals surface area contributed by atoms with Crippen molar-refractivity contribution in [1.82, 2.24) is 4.98 Å². The fourth-order valence-corrected chi connectivity index (χ4v) is 2.56. The highest BCUT2D eigenvalue weighted by atomic mass is 15.1. The Morgan fingerprint density at radius 2 is 1.81 bits per heavy atom. The zero-order valence-corrected chi connectivity index (χ0v) is 12.3. The lowest BCUT2D eigenvalue weighted by atomic mass is 9.96. The summed E-state index contributed by atoms with van der Waals surface area (Å²) in [6.45, 7) is 0. The van der Waals surface area contributed by atoms with Crippen molar-refractivity contribution in [2.24, 2.45) is 5.73 Å². The number of anilines is 1. The molecule has 0 saturated heterocycles. The minimum Gasteiger partial charge on any atom is -0.378 e. The number of nitrogens with zero attached hydrogens (tertiary/aromatic N) is 2. The Morgan fingerprint density at radius 1 is 1.00 bits per heavy atom. The summed E-state index contributed by atoms with van der Waals surface area (Å²) in [7, 11) is 4.06. The van der Waals surface area contributed by atoms with Crippen molar-refractivity contribution < 1.29 is 0 Å². The predicted octanol–water partition coefficient (Wildman–Crippen LogP) is 3.35. The minimum absolute atomic E-state index is 0.177. The summed E-state index contributed by atoms with van der Waals surface area (Å²) in [6, 6.07) is 16.4. The van der Waals surface area contributed by atoms with Gasteiger partial charge in [-0.1, -0.05) is 36.4 Å². The average Bonchev–Trinajstić information content (AvgIpc) is 2.53. The molecule has 1 unspecified atom stereocenters. The molecule has 0 radical (unpaired) electrons. The van der Waals surface area contributed by atoms with E-state index in [0.717, 1.165) is 27.6 Å². The lowest BCUT2D eigenvalue weighted by Crippen LogP contribution is -2.14. The summed E-state index contributed by atoms with van der Waals surface area (Å²) in [6.07, 6.45) is 3.75. The van der Waals surface area contributed by atoms with Gasteiger partial charge in [-0.3, -0.25) is 4.98 Å². The Kier molecular flexibility index (Phi) is 3.59. The van der Waals surface area contributed by atoms with Gasteiger partial charge in [0.1, 0.15) is 0 Å². The van der Waals surface area contributed by atoms with Crippen molar-refractivity contribution in [3.05, 3.63) is 72.1 Å². The molecule has 3 rings (SSSR count). The standard InChI is InChI=1S/C18H19N3/c1-21(2)15-8-5-7-13(10-15)18(19)17-12-20-11-14-6-3-4-9-16(14)17/h3-12,18H,19H2,1-2H3. The molecule has 3 heteroatoms. The van der Waals surface area contributed by atoms with Crippen molar-refractivity contribution in [1.29, 1.82) is 0 Å². The summed E-state index contributed by atoms with van der Waals surface area (Å²) in [5, 5.41) is 2.28. The number of hydrogen-bond donors (Lipinski definition) is 1. The van der Waals surface area contributed by atoms with Gasteiger partial charge in [-0.2, -0.15) is 0 Å². The zero-order chi connectivity index (χ0) is 14.8. The molecule has 2 aromatic carbocycles. The van der Waals surface area contributed by atoms with Crippen LogP contribution < -0.4 is 10.6 Å². The number of nitrogens with two attached hydrogens (primary N) is 1. The molecular weight excluding hydrogens is 258 g/mol. The quantitative estimate of drug-likeness (QED) is 0.798. The predicted molar refractivity (Wildman–Crippen MR) is 88.5 cm³/mol. The van der Waals surface area contributed by atoms with E-state index in [2.05, 4.69) is 40.2 Å². The summed E-state index contributed by atoms with van der Waals surface area (Å²) in [4.78, 5) is 6.41. The molecule has 0 bridgehead atoms. The number of benzene rings is 2. The van der Waals surface area contributed by atoms with Crippen LogP contribution in [-0.4, -0.2) is 19.1 Å². The van der Waals surface area contributed by atoms with Gasteiger partial charge in [-0.05, 0) is 28.6 Å². The highest BCUT2D eigenvalue weighted by molar-refractivity contribution is 5.85. The monoisotopic (exact) mass is 277 g/mol. The first-order chi connectivity index (χ1) is 10.2. The van der Waals surface area contributed by atoms with Crippen molar-refractivity contribution in [2.75, 3.05) is 19.0 Å². The van der Waals surface area contributed by atoms with Gasteiger partial charge in [0.05, 0.1) is 6.04 Å². The topological polar surface area (TPSA) is 42.1 Å². The van der Waals surface area contributed by atoms with Crippen molar-refractivity contribution in [2.45, 2.75) is 6.04 Å². The molecule has 106 valence electrons. The molecule has 1 aromatic heterocycles. The number of rotatable bonds is 3. The average molecular weight is 277 g/mol. The van der Waals surface area contributed by atoms with Gasteiger partial charge in [-0.15, -0.1) is 0 Å². The van der Waals surface area contributed by atoms with Gasteiger partial charge in [0.15, 0.2) is 0 Å². The molecule has 0 aliphatic carbocycles. The molecule has 3 nitrogen and oxygen atoms in total. The summed E-state index contributed by atoms with van der Waals surface area (Å²) in [5.74, 6) is 0. The molecule has 0 saturated carbocycles. The first-order valence-electron chi connectivity index (χ1n) is 7.02. The van der Waals surface area contributed by atoms with Crippen molar-refractivity contribution >= 4 is 16.5 Å². The third-order valence-electron chi connectivity index (χ3n) is 3.78. The van der Waals surface area contributed by atoms with Gasteiger partial charge < -0.3 is 10.6 Å². The van der Waals surface area contributed by atoms with E-state index in [0.29, 0.717) is 0 Å². The molecule has 0 spiro atoms. The van der Waals surface area contributed by atoms with E-state index >= 15 is 0 Å². The van der Waals surface area contributed by atoms with Crippen LogP contribution in [0.4, 0.5) is 5.69 Å². The molecule has 0 amide bonds. The van der Waals surface area contributed by atoms with Crippen LogP contribution in [0.1, 0.15) is 17.2 Å². The zero-order valence-electron chi connectivity index (χ0n) is 12.3. The summed E-state index contributed by atoms with van der Waals surface area (Å²) >= 11 is 0. The van der Waals surface area contributed by atoms with Crippen molar-refractivity contribution in [3.8, 4) is 0 Å². The van der Waals surface area contributed by atoms with Gasteiger partial charge in [-0.25, -0.2) is 0 Å². The third kappa shape index (κ3) is 2.60. The van der Waals surface area contributed by atoms with Crippen molar-refractivity contribution in [3.63, 3.8) is 0 Å². The fourth-order valence-electron chi connectivity index (χ4n) is 2.56. The van der Waals surface area contributed by atoms with Crippen LogP contribution >= 0.6 is 0 Å². The highest BCUT2D eigenvalue weighted by Gasteiger charge is 2.13. The second-order valence-electron chi connectivity index (χ2n) is 5.42. The summed E-state index contributed by atoms with van der Waals surface area (Å²) in [5.41, 5.74) is 9.80. The van der Waals surface area contributed by atoms with E-state index in [9.17, 15) is 0 Å². The minimum atomic E-state index is -0.177. The van der Waals surface area contributed by atoms with E-state index in [1.165, 1.54) is 0 Å². The molecular formula is C18H19N3. The van der Waals surface area contributed by atoms with Gasteiger partial charge >= 0.3 is 0 Å². The Bertz CT molecular complexity index is 760. The van der Waals surface area contributed by atoms with Gasteiger partial charge in [0, 0.05) is 37.6 Å². The maximum atomic E-state index is 6.49. The smallest absolute Gasteiger partial charge is 0.0573 e. The molecule has 1 heterocycles. The number of aromatic nitrogens is 1. The summed E-state index contributed by atoms with van der Waals surface area (Å²) < 4.78 is 0. The van der Waals surface area contributed by atoms with E-state index in [1.54, 1.807) is 0 Å². The van der Waals surface area contributed by atoms with Crippen LogP contribution in [-0.2, 0) is 0 Å². The van der Waals surface area contributed by atoms with Gasteiger partial charge in [0.2, 0.25) is 0 Å². The van der Waals surface area contributed by atoms with Crippen LogP contribution in [0, 0.1) is 0 Å². The molecule has 0 fully saturated rings. The maximum absolute atomic E-state index is 6.49. The van der Waals surface area contributed by atoms with E-state index in [4.69, 9.17) is 5.73 Å². The first-order valence-corrected chi connectivity index (χ1v) is 7.02. The van der Waals surface area contributed by atoms with Crippen LogP contribution in [0.3, 0.4) is 0 Å². The Morgan fingerprint density at radius 3 is 2.62 bits per heavy atom. The molecule has 21 heavy (non-hydrogen) atoms. The molecule has 0 aliphatic rings. The Hall–Kier alpha value is -2.39. The molecule has 1 atom stereocenters. The van der Waals surface area contributed by atoms with Crippen LogP contribution in [0.15, 0.2) is 60.9 Å². The molecule has 0 aliphatic heterocycles. The first kappa shape index (κ1) is 13.6. The number of hydrogen-bond acceptors (Lipinski definition) is 3. The normalized spacial score (nSPS) is 12.3. The van der Waals surface area contributed by atoms with Crippen LogP contribution in [0.2, 0.25) is 0 Å². The lowest BCUT2D eigenvalue weighted by Gasteiger charge is -2.18. The molecule has 2 N–H and O–H groups in total. The highest BCUT2D eigenvalue weighted by Crippen LogP contribution is 2.28. The maximum Gasteiger partial charge on any atom is 0.0573 e. The molecule has 3 aromatic rings. The number of pyridine rings is 1. The second kappa shape index (κ2) is 5.54.